The van der Waals surface area contributed by atoms with E-state index in [0.29, 0.717) is 33.7 Å². The molecule has 2 heterocycles. The number of carbonyl (C=O) groups excluding carboxylic acids is 3. The van der Waals surface area contributed by atoms with Crippen LogP contribution in [0.3, 0.4) is 0 Å². The van der Waals surface area contributed by atoms with E-state index in [4.69, 9.17) is 4.74 Å². The molecule has 0 saturated carbocycles. The van der Waals surface area contributed by atoms with E-state index in [1.807, 2.05) is 41.3 Å². The van der Waals surface area contributed by atoms with E-state index in [1.165, 1.54) is 25.3 Å². The van der Waals surface area contributed by atoms with E-state index in [2.05, 4.69) is 0 Å². The summed E-state index contributed by atoms with van der Waals surface area (Å²) in [4.78, 5) is 57.2. The van der Waals surface area contributed by atoms with Crippen LogP contribution >= 0.6 is 0 Å². The molecule has 0 unspecified atom stereocenters. The molecule has 0 bridgehead atoms. The van der Waals surface area contributed by atoms with Crippen molar-refractivity contribution in [3.8, 4) is 5.75 Å². The average molecular weight is 557 g/mol. The van der Waals surface area contributed by atoms with Crippen molar-refractivity contribution in [2.75, 3.05) is 12.0 Å². The third-order valence-corrected chi connectivity index (χ3v) is 8.80. The molecule has 4 aromatic rings. The zero-order chi connectivity index (χ0) is 29.2. The first kappa shape index (κ1) is 25.6. The summed E-state index contributed by atoms with van der Waals surface area (Å²) in [6, 6.07) is 25.0. The standard InChI is InChI=1S/C34H24N2O6/c1-42-24-16-13-21(14-17-24)31(37)30-29(22-8-6-9-23(19-22)36(40)41)34(32(38)25-10-3-4-11-26(25)33(34)39)28-18-15-20-7-2-5-12-27(20)35(28)30/h2-19,28-30H,1H3/t28-,29+,30-/m1/s1. The Labute approximate surface area is 241 Å². The fourth-order valence-corrected chi connectivity index (χ4v) is 7.05. The van der Waals surface area contributed by atoms with Crippen molar-refractivity contribution >= 4 is 34.8 Å². The highest BCUT2D eigenvalue weighted by Gasteiger charge is 2.71. The van der Waals surface area contributed by atoms with Gasteiger partial charge in [0.05, 0.1) is 18.1 Å². The van der Waals surface area contributed by atoms with Crippen molar-refractivity contribution in [1.29, 1.82) is 0 Å². The summed E-state index contributed by atoms with van der Waals surface area (Å²) in [7, 11) is 1.53. The summed E-state index contributed by atoms with van der Waals surface area (Å²) >= 11 is 0. The predicted molar refractivity (Wildman–Crippen MR) is 156 cm³/mol. The molecule has 1 saturated heterocycles. The molecule has 1 fully saturated rings. The Kier molecular flexibility index (Phi) is 5.69. The molecule has 8 heteroatoms. The summed E-state index contributed by atoms with van der Waals surface area (Å²) in [5, 5.41) is 11.9. The van der Waals surface area contributed by atoms with Gasteiger partial charge in [-0.3, -0.25) is 24.5 Å². The number of para-hydroxylation sites is 1. The van der Waals surface area contributed by atoms with Crippen LogP contribution in [0.4, 0.5) is 11.4 Å². The molecule has 0 amide bonds. The van der Waals surface area contributed by atoms with Crippen molar-refractivity contribution < 1.29 is 24.0 Å². The van der Waals surface area contributed by atoms with Gasteiger partial charge in [-0.15, -0.1) is 0 Å². The Balaban J connectivity index is 1.54. The molecule has 7 rings (SSSR count). The first-order valence-electron chi connectivity index (χ1n) is 13.5. The number of nitro benzene ring substituents is 1. The quantitative estimate of drug-likeness (QED) is 0.130. The Bertz CT molecular complexity index is 1810. The molecule has 1 aliphatic carbocycles. The second-order valence-corrected chi connectivity index (χ2v) is 10.7. The third-order valence-electron chi connectivity index (χ3n) is 8.80. The van der Waals surface area contributed by atoms with Crippen LogP contribution in [0.2, 0.25) is 0 Å². The van der Waals surface area contributed by atoms with Crippen molar-refractivity contribution in [3.63, 3.8) is 0 Å². The summed E-state index contributed by atoms with van der Waals surface area (Å²) in [5.41, 5.74) is 0.975. The number of ketones is 3. The molecule has 1 spiro atoms. The van der Waals surface area contributed by atoms with Gasteiger partial charge in [-0.2, -0.15) is 0 Å². The molecule has 0 radical (unpaired) electrons. The Morgan fingerprint density at radius 3 is 2.21 bits per heavy atom. The van der Waals surface area contributed by atoms with Gasteiger partial charge < -0.3 is 9.64 Å². The lowest BCUT2D eigenvalue weighted by atomic mass is 9.64. The number of nitrogens with zero attached hydrogens (tertiary/aromatic N) is 2. The molecular weight excluding hydrogens is 532 g/mol. The zero-order valence-electron chi connectivity index (χ0n) is 22.5. The zero-order valence-corrected chi connectivity index (χ0v) is 22.5. The average Bonchev–Trinajstić information content (AvgIpc) is 3.47. The minimum Gasteiger partial charge on any atom is -0.497 e. The molecule has 42 heavy (non-hydrogen) atoms. The molecule has 2 aliphatic heterocycles. The Morgan fingerprint density at radius 1 is 0.881 bits per heavy atom. The van der Waals surface area contributed by atoms with Gasteiger partial charge in [0.15, 0.2) is 17.3 Å². The highest BCUT2D eigenvalue weighted by Crippen LogP contribution is 2.61. The van der Waals surface area contributed by atoms with Crippen LogP contribution in [-0.2, 0) is 0 Å². The van der Waals surface area contributed by atoms with Crippen LogP contribution in [0.25, 0.3) is 6.08 Å². The second kappa shape index (κ2) is 9.34. The van der Waals surface area contributed by atoms with Crippen molar-refractivity contribution in [2.24, 2.45) is 5.41 Å². The largest absolute Gasteiger partial charge is 0.497 e. The number of methoxy groups -OCH3 is 1. The summed E-state index contributed by atoms with van der Waals surface area (Å²) in [5.74, 6) is -1.53. The number of benzene rings is 4. The molecule has 3 aliphatic rings. The van der Waals surface area contributed by atoms with E-state index >= 15 is 0 Å². The number of fused-ring (bicyclic) bond motifs is 5. The van der Waals surface area contributed by atoms with Gasteiger partial charge in [0.1, 0.15) is 17.2 Å². The molecule has 206 valence electrons. The fraction of sp³-hybridized carbons (Fsp3) is 0.147. The molecule has 0 N–H and O–H groups in total. The molecular formula is C34H24N2O6. The number of rotatable bonds is 5. The van der Waals surface area contributed by atoms with Gasteiger partial charge >= 0.3 is 0 Å². The topological polar surface area (TPSA) is 107 Å². The normalized spacial score (nSPS) is 21.2. The van der Waals surface area contributed by atoms with Crippen molar-refractivity contribution in [1.82, 2.24) is 0 Å². The highest BCUT2D eigenvalue weighted by molar-refractivity contribution is 6.32. The van der Waals surface area contributed by atoms with E-state index in [9.17, 15) is 24.5 Å². The van der Waals surface area contributed by atoms with Gasteiger partial charge in [0.2, 0.25) is 0 Å². The molecule has 0 aromatic heterocycles. The minimum atomic E-state index is -1.73. The predicted octanol–water partition coefficient (Wildman–Crippen LogP) is 5.92. The lowest BCUT2D eigenvalue weighted by Gasteiger charge is -2.37. The van der Waals surface area contributed by atoms with Crippen LogP contribution in [0, 0.1) is 15.5 Å². The maximum atomic E-state index is 14.7. The van der Waals surface area contributed by atoms with E-state index in [-0.39, 0.29) is 23.0 Å². The first-order valence-corrected chi connectivity index (χ1v) is 13.5. The lowest BCUT2D eigenvalue weighted by Crippen LogP contribution is -2.48. The van der Waals surface area contributed by atoms with E-state index in [0.717, 1.165) is 5.56 Å². The Hall–Kier alpha value is -5.37. The SMILES string of the molecule is COc1ccc(C(=O)[C@H]2[C@H](c3cccc([N+](=O)[O-])c3)C3(C(=O)c4ccccc4C3=O)[C@H]3C=Cc4ccccc4N23)cc1. The monoisotopic (exact) mass is 556 g/mol. The van der Waals surface area contributed by atoms with Crippen molar-refractivity contribution in [3.05, 3.63) is 141 Å². The lowest BCUT2D eigenvalue weighted by molar-refractivity contribution is -0.384. The van der Waals surface area contributed by atoms with Crippen LogP contribution in [0.15, 0.2) is 103 Å². The molecule has 4 aromatic carbocycles. The van der Waals surface area contributed by atoms with Gasteiger partial charge in [-0.25, -0.2) is 0 Å². The van der Waals surface area contributed by atoms with Crippen molar-refractivity contribution in [2.45, 2.75) is 18.0 Å². The minimum absolute atomic E-state index is 0.186. The second-order valence-electron chi connectivity index (χ2n) is 10.7. The number of anilines is 1. The van der Waals surface area contributed by atoms with Crippen LogP contribution in [0.5, 0.6) is 5.75 Å². The Morgan fingerprint density at radius 2 is 1.55 bits per heavy atom. The number of ether oxygens (including phenoxy) is 1. The number of hydrogen-bond acceptors (Lipinski definition) is 7. The van der Waals surface area contributed by atoms with Crippen LogP contribution in [0.1, 0.15) is 48.1 Å². The van der Waals surface area contributed by atoms with Gasteiger partial charge in [0.25, 0.3) is 5.69 Å². The number of nitro groups is 1. The van der Waals surface area contributed by atoms with Crippen LogP contribution < -0.4 is 9.64 Å². The number of hydrogen-bond donors (Lipinski definition) is 0. The highest BCUT2D eigenvalue weighted by atomic mass is 16.6. The number of non-ortho nitro benzene ring substituents is 1. The maximum Gasteiger partial charge on any atom is 0.269 e. The number of carbonyl (C=O) groups is 3. The van der Waals surface area contributed by atoms with E-state index in [1.54, 1.807) is 54.6 Å². The third kappa shape index (κ3) is 3.38. The summed E-state index contributed by atoms with van der Waals surface area (Å²) in [6.07, 6.45) is 3.71. The maximum absolute atomic E-state index is 14.7. The first-order chi connectivity index (χ1) is 20.4. The van der Waals surface area contributed by atoms with Gasteiger partial charge in [-0.05, 0) is 41.5 Å². The smallest absolute Gasteiger partial charge is 0.269 e. The van der Waals surface area contributed by atoms with E-state index < -0.39 is 28.3 Å². The summed E-state index contributed by atoms with van der Waals surface area (Å²) in [6.45, 7) is 0. The molecule has 3 atom stereocenters. The fourth-order valence-electron chi connectivity index (χ4n) is 7.05. The van der Waals surface area contributed by atoms with Gasteiger partial charge in [-0.1, -0.05) is 66.7 Å². The number of Topliss-reactive ketones (excluding diaryl/α,β-unsaturated/α-hetero) is 3. The summed E-state index contributed by atoms with van der Waals surface area (Å²) < 4.78 is 5.29. The van der Waals surface area contributed by atoms with Crippen LogP contribution in [-0.4, -0.2) is 41.5 Å². The molecule has 8 nitrogen and oxygen atoms in total. The van der Waals surface area contributed by atoms with Gasteiger partial charge in [0, 0.05) is 40.4 Å².